The standard InChI is InChI=1S/C17H24N3.HI/c1-14-9-11-20(12-10-14)17-13-16(18(2)19(17)3)15-7-5-4-6-8-15;/h4-8,13-14H,9-12H2,1-3H3;1H/q+1;/p-1. The number of aromatic nitrogens is 2. The zero-order chi connectivity index (χ0) is 14.1. The second-order valence-corrected chi connectivity index (χ2v) is 5.97. The molecule has 1 aromatic carbocycles. The average Bonchev–Trinajstić information content (AvgIpc) is 2.77. The van der Waals surface area contributed by atoms with E-state index in [1.54, 1.807) is 0 Å². The van der Waals surface area contributed by atoms with E-state index in [0.29, 0.717) is 0 Å². The molecule has 1 saturated heterocycles. The molecule has 0 bridgehead atoms. The third kappa shape index (κ3) is 3.25. The zero-order valence-corrected chi connectivity index (χ0v) is 15.2. The molecule has 0 N–H and O–H groups in total. The summed E-state index contributed by atoms with van der Waals surface area (Å²) < 4.78 is 4.50. The lowest BCUT2D eigenvalue weighted by atomic mass is 9.99. The largest absolute Gasteiger partial charge is 1.00 e. The van der Waals surface area contributed by atoms with Crippen molar-refractivity contribution < 1.29 is 28.7 Å². The maximum absolute atomic E-state index is 2.52. The number of rotatable bonds is 2. The molecule has 0 amide bonds. The van der Waals surface area contributed by atoms with Gasteiger partial charge >= 0.3 is 0 Å². The fraction of sp³-hybridized carbons (Fsp3) is 0.471. The van der Waals surface area contributed by atoms with Crippen molar-refractivity contribution in [3.63, 3.8) is 0 Å². The highest BCUT2D eigenvalue weighted by molar-refractivity contribution is 5.60. The van der Waals surface area contributed by atoms with Gasteiger partial charge in [0.2, 0.25) is 5.69 Å². The molecule has 0 spiro atoms. The number of piperidine rings is 1. The highest BCUT2D eigenvalue weighted by atomic mass is 127. The first-order chi connectivity index (χ1) is 9.66. The summed E-state index contributed by atoms with van der Waals surface area (Å²) in [5.41, 5.74) is 2.56. The Morgan fingerprint density at radius 2 is 1.71 bits per heavy atom. The number of anilines is 1. The molecule has 0 radical (unpaired) electrons. The van der Waals surface area contributed by atoms with Gasteiger partial charge in [-0.15, -0.1) is 9.36 Å². The van der Waals surface area contributed by atoms with Crippen molar-refractivity contribution in [2.75, 3.05) is 18.0 Å². The Labute approximate surface area is 144 Å². The highest BCUT2D eigenvalue weighted by Crippen LogP contribution is 2.26. The number of hydrogen-bond donors (Lipinski definition) is 0. The van der Waals surface area contributed by atoms with E-state index in [4.69, 9.17) is 0 Å². The van der Waals surface area contributed by atoms with Gasteiger partial charge in [0, 0.05) is 18.7 Å². The summed E-state index contributed by atoms with van der Waals surface area (Å²) in [6, 6.07) is 13.0. The Morgan fingerprint density at radius 3 is 2.33 bits per heavy atom. The van der Waals surface area contributed by atoms with Gasteiger partial charge in [0.15, 0.2) is 12.9 Å². The Kier molecular flexibility index (Phi) is 5.30. The van der Waals surface area contributed by atoms with Crippen LogP contribution in [0, 0.1) is 5.92 Å². The molecule has 2 heterocycles. The Morgan fingerprint density at radius 1 is 1.10 bits per heavy atom. The molecule has 3 nitrogen and oxygen atoms in total. The van der Waals surface area contributed by atoms with Gasteiger partial charge in [0.25, 0.3) is 0 Å². The molecule has 4 heteroatoms. The summed E-state index contributed by atoms with van der Waals surface area (Å²) >= 11 is 0. The van der Waals surface area contributed by atoms with Crippen LogP contribution in [-0.4, -0.2) is 17.8 Å². The topological polar surface area (TPSA) is 12.1 Å². The molecule has 0 unspecified atom stereocenters. The zero-order valence-electron chi connectivity index (χ0n) is 13.1. The molecule has 1 aromatic heterocycles. The molecule has 114 valence electrons. The summed E-state index contributed by atoms with van der Waals surface area (Å²) in [5.74, 6) is 2.20. The molecule has 0 saturated carbocycles. The van der Waals surface area contributed by atoms with Crippen molar-refractivity contribution in [2.24, 2.45) is 20.0 Å². The van der Waals surface area contributed by atoms with Crippen LogP contribution in [0.2, 0.25) is 0 Å². The van der Waals surface area contributed by atoms with Crippen molar-refractivity contribution >= 4 is 5.82 Å². The second kappa shape index (κ2) is 6.81. The molecule has 1 fully saturated rings. The molecule has 3 rings (SSSR count). The van der Waals surface area contributed by atoms with Gasteiger partial charge in [-0.25, -0.2) is 0 Å². The van der Waals surface area contributed by atoms with Crippen LogP contribution in [0.3, 0.4) is 0 Å². The fourth-order valence-corrected chi connectivity index (χ4v) is 3.04. The molecule has 2 aromatic rings. The summed E-state index contributed by atoms with van der Waals surface area (Å²) in [6.07, 6.45) is 2.60. The van der Waals surface area contributed by atoms with Gasteiger partial charge in [0.05, 0.1) is 13.1 Å². The second-order valence-electron chi connectivity index (χ2n) is 5.97. The van der Waals surface area contributed by atoms with Crippen LogP contribution in [0.25, 0.3) is 11.3 Å². The quantitative estimate of drug-likeness (QED) is 0.503. The molecule has 1 aliphatic heterocycles. The minimum absolute atomic E-state index is 0. The smallest absolute Gasteiger partial charge is 0.240 e. The number of hydrogen-bond acceptors (Lipinski definition) is 1. The fourth-order valence-electron chi connectivity index (χ4n) is 3.04. The summed E-state index contributed by atoms with van der Waals surface area (Å²) in [7, 11) is 4.29. The molecular weight excluding hydrogens is 373 g/mol. The van der Waals surface area contributed by atoms with Crippen LogP contribution in [0.5, 0.6) is 0 Å². The van der Waals surface area contributed by atoms with Gasteiger partial charge in [-0.05, 0) is 30.9 Å². The first-order valence-electron chi connectivity index (χ1n) is 7.53. The van der Waals surface area contributed by atoms with Crippen LogP contribution in [0.15, 0.2) is 36.4 Å². The van der Waals surface area contributed by atoms with Crippen molar-refractivity contribution in [2.45, 2.75) is 19.8 Å². The molecule has 1 aliphatic rings. The van der Waals surface area contributed by atoms with Crippen LogP contribution in [0.1, 0.15) is 19.8 Å². The lowest BCUT2D eigenvalue weighted by molar-refractivity contribution is -0.740. The molecule has 0 atom stereocenters. The maximum atomic E-state index is 2.52. The predicted octanol–water partition coefficient (Wildman–Crippen LogP) is -0.243. The highest BCUT2D eigenvalue weighted by Gasteiger charge is 2.24. The van der Waals surface area contributed by atoms with Gasteiger partial charge < -0.3 is 28.9 Å². The maximum Gasteiger partial charge on any atom is 0.240 e. The van der Waals surface area contributed by atoms with Crippen LogP contribution >= 0.6 is 0 Å². The molecule has 0 aliphatic carbocycles. The van der Waals surface area contributed by atoms with E-state index in [-0.39, 0.29) is 24.0 Å². The summed E-state index contributed by atoms with van der Waals surface area (Å²) in [4.78, 5) is 2.52. The number of nitrogens with zero attached hydrogens (tertiary/aromatic N) is 3. The first-order valence-corrected chi connectivity index (χ1v) is 7.53. The average molecular weight is 397 g/mol. The predicted molar refractivity (Wildman–Crippen MR) is 82.6 cm³/mol. The Hall–Kier alpha value is -1.04. The lowest BCUT2D eigenvalue weighted by Crippen LogP contribution is -3.00. The van der Waals surface area contributed by atoms with E-state index in [0.717, 1.165) is 5.92 Å². The third-order valence-electron chi connectivity index (χ3n) is 4.57. The lowest BCUT2D eigenvalue weighted by Gasteiger charge is -2.30. The first kappa shape index (κ1) is 16.3. The van der Waals surface area contributed by atoms with Gasteiger partial charge in [-0.2, -0.15) is 0 Å². The minimum atomic E-state index is 0. The minimum Gasteiger partial charge on any atom is -1.00 e. The number of benzene rings is 1. The number of halogens is 1. The Balaban J connectivity index is 0.00000161. The van der Waals surface area contributed by atoms with Crippen LogP contribution < -0.4 is 33.6 Å². The monoisotopic (exact) mass is 397 g/mol. The third-order valence-corrected chi connectivity index (χ3v) is 4.57. The van der Waals surface area contributed by atoms with Crippen molar-refractivity contribution in [3.05, 3.63) is 36.4 Å². The van der Waals surface area contributed by atoms with E-state index in [1.165, 1.54) is 43.0 Å². The SMILES string of the molecule is CC1CCN(c2cc(-c3ccccc3)[n+](C)n2C)CC1.[I-]. The van der Waals surface area contributed by atoms with E-state index in [9.17, 15) is 0 Å². The normalized spacial score (nSPS) is 15.9. The Bertz CT molecular complexity index is 584. The van der Waals surface area contributed by atoms with Crippen molar-refractivity contribution in [3.8, 4) is 11.3 Å². The molecular formula is C17H24IN3. The van der Waals surface area contributed by atoms with Crippen LogP contribution in [-0.2, 0) is 14.1 Å². The van der Waals surface area contributed by atoms with E-state index in [1.807, 2.05) is 0 Å². The van der Waals surface area contributed by atoms with Crippen molar-refractivity contribution in [1.82, 2.24) is 4.68 Å². The van der Waals surface area contributed by atoms with Gasteiger partial charge in [-0.1, -0.05) is 25.1 Å². The van der Waals surface area contributed by atoms with E-state index >= 15 is 0 Å². The van der Waals surface area contributed by atoms with E-state index < -0.39 is 0 Å². The van der Waals surface area contributed by atoms with Gasteiger partial charge in [0.1, 0.15) is 0 Å². The molecule has 21 heavy (non-hydrogen) atoms. The summed E-state index contributed by atoms with van der Waals surface area (Å²) in [6.45, 7) is 4.71. The summed E-state index contributed by atoms with van der Waals surface area (Å²) in [5, 5.41) is 0. The van der Waals surface area contributed by atoms with Crippen LogP contribution in [0.4, 0.5) is 5.82 Å². The van der Waals surface area contributed by atoms with E-state index in [2.05, 4.69) is 71.7 Å². The van der Waals surface area contributed by atoms with Gasteiger partial charge in [-0.3, -0.25) is 0 Å². The van der Waals surface area contributed by atoms with Crippen molar-refractivity contribution in [1.29, 1.82) is 0 Å².